The molecule has 0 radical (unpaired) electrons. The van der Waals surface area contributed by atoms with Gasteiger partial charge in [0.05, 0.1) is 24.0 Å². The van der Waals surface area contributed by atoms with E-state index in [9.17, 15) is 0 Å². The Labute approximate surface area is 115 Å². The zero-order valence-electron chi connectivity index (χ0n) is 12.0. The van der Waals surface area contributed by atoms with Gasteiger partial charge in [-0.15, -0.1) is 0 Å². The summed E-state index contributed by atoms with van der Waals surface area (Å²) in [5.41, 5.74) is 2.66. The van der Waals surface area contributed by atoms with Crippen molar-refractivity contribution in [3.8, 4) is 5.75 Å². The summed E-state index contributed by atoms with van der Waals surface area (Å²) in [6.45, 7) is 3.35. The summed E-state index contributed by atoms with van der Waals surface area (Å²) in [6, 6.07) is 6.24. The number of benzene rings is 1. The fraction of sp³-hybridized carbons (Fsp3) is 0.625. The predicted octanol–water partition coefficient (Wildman–Crippen LogP) is 3.87. The van der Waals surface area contributed by atoms with Crippen LogP contribution in [0.15, 0.2) is 18.2 Å². The first-order valence-corrected chi connectivity index (χ1v) is 7.45. The van der Waals surface area contributed by atoms with Crippen LogP contribution in [-0.4, -0.2) is 19.2 Å². The van der Waals surface area contributed by atoms with Crippen LogP contribution in [0.2, 0.25) is 0 Å². The zero-order valence-corrected chi connectivity index (χ0v) is 12.0. The molecule has 1 aliphatic carbocycles. The van der Waals surface area contributed by atoms with Crippen molar-refractivity contribution in [1.82, 2.24) is 0 Å². The van der Waals surface area contributed by atoms with Gasteiger partial charge in [-0.2, -0.15) is 0 Å². The van der Waals surface area contributed by atoms with Gasteiger partial charge in [-0.25, -0.2) is 0 Å². The second-order valence-electron chi connectivity index (χ2n) is 6.02. The van der Waals surface area contributed by atoms with E-state index in [2.05, 4.69) is 29.7 Å². The third kappa shape index (κ3) is 2.38. The fourth-order valence-corrected chi connectivity index (χ4v) is 3.44. The number of ether oxygens (including phenoxy) is 1. The molecule has 1 aliphatic heterocycles. The van der Waals surface area contributed by atoms with Gasteiger partial charge < -0.3 is 15.4 Å². The van der Waals surface area contributed by atoms with Crippen LogP contribution in [0.3, 0.4) is 0 Å². The van der Waals surface area contributed by atoms with Gasteiger partial charge in [-0.05, 0) is 43.7 Å². The van der Waals surface area contributed by atoms with Crippen molar-refractivity contribution in [2.75, 3.05) is 24.3 Å². The van der Waals surface area contributed by atoms with Gasteiger partial charge >= 0.3 is 0 Å². The van der Waals surface area contributed by atoms with Gasteiger partial charge in [0.2, 0.25) is 0 Å². The Kier molecular flexibility index (Phi) is 3.29. The molecule has 0 amide bonds. The largest absolute Gasteiger partial charge is 0.497 e. The fourth-order valence-electron chi connectivity index (χ4n) is 3.44. The summed E-state index contributed by atoms with van der Waals surface area (Å²) >= 11 is 0. The molecule has 3 nitrogen and oxygen atoms in total. The van der Waals surface area contributed by atoms with Crippen LogP contribution in [0.4, 0.5) is 11.4 Å². The number of methoxy groups -OCH3 is 1. The van der Waals surface area contributed by atoms with Crippen LogP contribution in [0.1, 0.15) is 39.0 Å². The molecule has 1 spiro atoms. The Morgan fingerprint density at radius 1 is 1.26 bits per heavy atom. The molecule has 3 heteroatoms. The van der Waals surface area contributed by atoms with E-state index < -0.39 is 0 Å². The van der Waals surface area contributed by atoms with Gasteiger partial charge in [0.1, 0.15) is 5.75 Å². The highest BCUT2D eigenvalue weighted by molar-refractivity contribution is 5.74. The van der Waals surface area contributed by atoms with Crippen molar-refractivity contribution in [3.63, 3.8) is 0 Å². The normalized spacial score (nSPS) is 29.3. The number of hydrogen-bond donors (Lipinski definition) is 2. The maximum absolute atomic E-state index is 5.28. The molecule has 0 unspecified atom stereocenters. The van der Waals surface area contributed by atoms with Crippen molar-refractivity contribution >= 4 is 11.4 Å². The van der Waals surface area contributed by atoms with E-state index in [4.69, 9.17) is 4.74 Å². The summed E-state index contributed by atoms with van der Waals surface area (Å²) in [4.78, 5) is 0. The van der Waals surface area contributed by atoms with Gasteiger partial charge in [0.25, 0.3) is 0 Å². The van der Waals surface area contributed by atoms with Crippen LogP contribution in [0, 0.1) is 5.92 Å². The van der Waals surface area contributed by atoms with E-state index in [1.165, 1.54) is 43.5 Å². The van der Waals surface area contributed by atoms with Crippen molar-refractivity contribution < 1.29 is 4.74 Å². The lowest BCUT2D eigenvalue weighted by Gasteiger charge is -2.45. The van der Waals surface area contributed by atoms with Gasteiger partial charge in [0, 0.05) is 12.6 Å². The Morgan fingerprint density at radius 2 is 2.05 bits per heavy atom. The molecule has 0 atom stereocenters. The van der Waals surface area contributed by atoms with Crippen molar-refractivity contribution in [2.24, 2.45) is 5.92 Å². The zero-order chi connectivity index (χ0) is 13.3. The van der Waals surface area contributed by atoms with E-state index in [0.717, 1.165) is 18.2 Å². The molecule has 104 valence electrons. The van der Waals surface area contributed by atoms with Crippen molar-refractivity contribution in [3.05, 3.63) is 18.2 Å². The Balaban J connectivity index is 1.75. The molecule has 1 fully saturated rings. The molecule has 3 rings (SSSR count). The van der Waals surface area contributed by atoms with Gasteiger partial charge in [0.15, 0.2) is 0 Å². The van der Waals surface area contributed by atoms with Crippen molar-refractivity contribution in [2.45, 2.75) is 44.6 Å². The molecule has 1 heterocycles. The van der Waals surface area contributed by atoms with Crippen LogP contribution < -0.4 is 15.4 Å². The van der Waals surface area contributed by atoms with E-state index in [0.29, 0.717) is 0 Å². The highest BCUT2D eigenvalue weighted by Crippen LogP contribution is 2.41. The minimum Gasteiger partial charge on any atom is -0.497 e. The number of hydrogen-bond acceptors (Lipinski definition) is 3. The summed E-state index contributed by atoms with van der Waals surface area (Å²) in [6.07, 6.45) is 6.61. The van der Waals surface area contributed by atoms with Gasteiger partial charge in [-0.3, -0.25) is 0 Å². The van der Waals surface area contributed by atoms with Crippen LogP contribution in [0.25, 0.3) is 0 Å². The molecule has 0 saturated heterocycles. The number of anilines is 2. The summed E-state index contributed by atoms with van der Waals surface area (Å²) < 4.78 is 5.28. The summed E-state index contributed by atoms with van der Waals surface area (Å²) in [5.74, 6) is 1.85. The highest BCUT2D eigenvalue weighted by atomic mass is 16.5. The number of nitrogens with one attached hydrogen (secondary N) is 2. The molecular weight excluding hydrogens is 236 g/mol. The topological polar surface area (TPSA) is 33.3 Å². The molecule has 0 bridgehead atoms. The minimum atomic E-state index is 0.271. The average molecular weight is 260 g/mol. The number of rotatable bonds is 2. The third-order valence-electron chi connectivity index (χ3n) is 4.88. The lowest BCUT2D eigenvalue weighted by Crippen LogP contribution is -2.50. The monoisotopic (exact) mass is 260 g/mol. The van der Waals surface area contributed by atoms with Crippen LogP contribution >= 0.6 is 0 Å². The smallest absolute Gasteiger partial charge is 0.121 e. The highest BCUT2D eigenvalue weighted by Gasteiger charge is 2.37. The Bertz CT molecular complexity index is 450. The van der Waals surface area contributed by atoms with E-state index in [-0.39, 0.29) is 5.54 Å². The van der Waals surface area contributed by atoms with Crippen LogP contribution in [-0.2, 0) is 0 Å². The minimum absolute atomic E-state index is 0.271. The summed E-state index contributed by atoms with van der Waals surface area (Å²) in [5, 5.41) is 7.38. The second kappa shape index (κ2) is 4.95. The molecular formula is C16H24N2O. The SMILES string of the molecule is CCC1CCC2(CC1)CNc1cc(OC)ccc1N2. The Hall–Kier alpha value is -1.38. The molecule has 1 saturated carbocycles. The Morgan fingerprint density at radius 3 is 2.74 bits per heavy atom. The quantitative estimate of drug-likeness (QED) is 0.847. The molecule has 2 aliphatic rings. The lowest BCUT2D eigenvalue weighted by molar-refractivity contribution is 0.255. The predicted molar refractivity (Wildman–Crippen MR) is 80.1 cm³/mol. The van der Waals surface area contributed by atoms with E-state index in [1.54, 1.807) is 7.11 Å². The van der Waals surface area contributed by atoms with E-state index >= 15 is 0 Å². The first kappa shape index (κ1) is 12.6. The molecule has 1 aromatic carbocycles. The second-order valence-corrected chi connectivity index (χ2v) is 6.02. The lowest BCUT2D eigenvalue weighted by atomic mass is 9.74. The van der Waals surface area contributed by atoms with Crippen LogP contribution in [0.5, 0.6) is 5.75 Å². The first-order valence-electron chi connectivity index (χ1n) is 7.45. The standard InChI is InChI=1S/C16H24N2O/c1-3-12-6-8-16(9-7-12)11-17-15-10-13(19-2)4-5-14(15)18-16/h4-5,10,12,17-18H,3,6-9,11H2,1-2H3. The maximum atomic E-state index is 5.28. The third-order valence-corrected chi connectivity index (χ3v) is 4.88. The van der Waals surface area contributed by atoms with Crippen molar-refractivity contribution in [1.29, 1.82) is 0 Å². The maximum Gasteiger partial charge on any atom is 0.121 e. The molecule has 2 N–H and O–H groups in total. The average Bonchev–Trinajstić information content (AvgIpc) is 2.47. The first-order chi connectivity index (χ1) is 9.24. The van der Waals surface area contributed by atoms with E-state index in [1.807, 2.05) is 6.07 Å². The van der Waals surface area contributed by atoms with Gasteiger partial charge in [-0.1, -0.05) is 13.3 Å². The summed E-state index contributed by atoms with van der Waals surface area (Å²) in [7, 11) is 1.71. The molecule has 1 aromatic rings. The molecule has 19 heavy (non-hydrogen) atoms. The number of fused-ring (bicyclic) bond motifs is 1. The molecule has 0 aromatic heterocycles.